The summed E-state index contributed by atoms with van der Waals surface area (Å²) in [7, 11) is 1.67. The lowest BCUT2D eigenvalue weighted by Gasteiger charge is -2.25. The zero-order valence-corrected chi connectivity index (χ0v) is 12.5. The van der Waals surface area contributed by atoms with Crippen LogP contribution in [0.3, 0.4) is 0 Å². The van der Waals surface area contributed by atoms with E-state index in [1.165, 1.54) is 30.4 Å². The minimum atomic E-state index is 0.623. The Bertz CT molecular complexity index is 597. The molecule has 0 amide bonds. The summed E-state index contributed by atoms with van der Waals surface area (Å²) in [6, 6.07) is 12.9. The van der Waals surface area contributed by atoms with E-state index < -0.39 is 0 Å². The molecule has 1 atom stereocenters. The van der Waals surface area contributed by atoms with Crippen molar-refractivity contribution >= 4 is 0 Å². The fraction of sp³-hybridized carbons (Fsp3) is 0.389. The van der Waals surface area contributed by atoms with Crippen LogP contribution in [0.4, 0.5) is 0 Å². The van der Waals surface area contributed by atoms with Gasteiger partial charge in [-0.1, -0.05) is 30.3 Å². The molecule has 0 saturated heterocycles. The van der Waals surface area contributed by atoms with E-state index in [4.69, 9.17) is 4.74 Å². The van der Waals surface area contributed by atoms with Crippen LogP contribution in [-0.4, -0.2) is 18.6 Å². The molecule has 3 heteroatoms. The predicted molar refractivity (Wildman–Crippen MR) is 84.6 cm³/mol. The maximum absolute atomic E-state index is 5.29. The van der Waals surface area contributed by atoms with Gasteiger partial charge in [0.05, 0.1) is 7.11 Å². The van der Waals surface area contributed by atoms with E-state index in [0.717, 1.165) is 18.7 Å². The average Bonchev–Trinajstić information content (AvgIpc) is 2.55. The van der Waals surface area contributed by atoms with E-state index in [0.29, 0.717) is 11.8 Å². The molecule has 1 unspecified atom stereocenters. The Balaban J connectivity index is 1.61. The van der Waals surface area contributed by atoms with Crippen LogP contribution in [-0.2, 0) is 13.0 Å². The van der Waals surface area contributed by atoms with Crippen molar-refractivity contribution in [1.29, 1.82) is 0 Å². The van der Waals surface area contributed by atoms with Crippen LogP contribution in [0, 0.1) is 0 Å². The van der Waals surface area contributed by atoms with E-state index >= 15 is 0 Å². The first-order valence-electron chi connectivity index (χ1n) is 7.65. The molecule has 1 heterocycles. The molecular formula is C18H22N2O. The van der Waals surface area contributed by atoms with Crippen LogP contribution in [0.1, 0.15) is 35.4 Å². The number of aromatic nitrogens is 1. The number of fused-ring (bicyclic) bond motifs is 1. The number of rotatable bonds is 5. The van der Waals surface area contributed by atoms with E-state index in [9.17, 15) is 0 Å². The fourth-order valence-electron chi connectivity index (χ4n) is 3.19. The lowest BCUT2D eigenvalue weighted by molar-refractivity contribution is 0.389. The minimum absolute atomic E-state index is 0.623. The normalized spacial score (nSPS) is 17.3. The Morgan fingerprint density at radius 2 is 2.14 bits per heavy atom. The van der Waals surface area contributed by atoms with E-state index in [1.807, 2.05) is 6.07 Å². The molecule has 2 aromatic rings. The highest BCUT2D eigenvalue weighted by molar-refractivity contribution is 5.33. The monoisotopic (exact) mass is 282 g/mol. The van der Waals surface area contributed by atoms with Crippen molar-refractivity contribution in [2.45, 2.75) is 31.7 Å². The molecule has 1 N–H and O–H groups in total. The second-order valence-electron chi connectivity index (χ2n) is 5.59. The van der Waals surface area contributed by atoms with Gasteiger partial charge in [0.1, 0.15) is 0 Å². The summed E-state index contributed by atoms with van der Waals surface area (Å²) in [6.07, 6.45) is 5.55. The largest absolute Gasteiger partial charge is 0.481 e. The Labute approximate surface area is 126 Å². The molecule has 1 aromatic carbocycles. The molecule has 0 bridgehead atoms. The first-order valence-corrected chi connectivity index (χ1v) is 7.65. The van der Waals surface area contributed by atoms with Gasteiger partial charge in [-0.2, -0.15) is 0 Å². The van der Waals surface area contributed by atoms with Crippen molar-refractivity contribution in [3.63, 3.8) is 0 Å². The van der Waals surface area contributed by atoms with E-state index in [2.05, 4.69) is 40.6 Å². The number of nitrogens with one attached hydrogen (secondary N) is 1. The third kappa shape index (κ3) is 3.24. The van der Waals surface area contributed by atoms with Gasteiger partial charge in [0.25, 0.3) is 0 Å². The molecule has 0 saturated carbocycles. The maximum Gasteiger partial charge on any atom is 0.217 e. The summed E-state index contributed by atoms with van der Waals surface area (Å²) in [5, 5.41) is 3.57. The minimum Gasteiger partial charge on any atom is -0.481 e. The average molecular weight is 282 g/mol. The van der Waals surface area contributed by atoms with Crippen molar-refractivity contribution < 1.29 is 4.74 Å². The first kappa shape index (κ1) is 14.1. The van der Waals surface area contributed by atoms with Crippen molar-refractivity contribution in [2.24, 2.45) is 0 Å². The zero-order chi connectivity index (χ0) is 14.5. The Kier molecular flexibility index (Phi) is 4.51. The van der Waals surface area contributed by atoms with E-state index in [1.54, 1.807) is 13.3 Å². The number of pyridine rings is 1. The van der Waals surface area contributed by atoms with Crippen molar-refractivity contribution in [2.75, 3.05) is 13.7 Å². The van der Waals surface area contributed by atoms with Crippen LogP contribution >= 0.6 is 0 Å². The van der Waals surface area contributed by atoms with Gasteiger partial charge in [0.2, 0.25) is 5.88 Å². The van der Waals surface area contributed by atoms with Gasteiger partial charge < -0.3 is 10.1 Å². The third-order valence-electron chi connectivity index (χ3n) is 4.24. The number of nitrogens with zero attached hydrogens (tertiary/aromatic N) is 1. The Hall–Kier alpha value is -1.87. The zero-order valence-electron chi connectivity index (χ0n) is 12.5. The molecule has 0 spiro atoms. The summed E-state index contributed by atoms with van der Waals surface area (Å²) in [6.45, 7) is 1.81. The van der Waals surface area contributed by atoms with Gasteiger partial charge in [-0.25, -0.2) is 4.98 Å². The van der Waals surface area contributed by atoms with Gasteiger partial charge in [-0.3, -0.25) is 0 Å². The summed E-state index contributed by atoms with van der Waals surface area (Å²) in [5.74, 6) is 1.34. The molecule has 110 valence electrons. The second kappa shape index (κ2) is 6.72. The van der Waals surface area contributed by atoms with Gasteiger partial charge in [0.15, 0.2) is 0 Å². The molecule has 0 aliphatic heterocycles. The van der Waals surface area contributed by atoms with Gasteiger partial charge in [-0.15, -0.1) is 0 Å². The maximum atomic E-state index is 5.29. The van der Waals surface area contributed by atoms with Gasteiger partial charge in [0, 0.05) is 24.8 Å². The molecule has 21 heavy (non-hydrogen) atoms. The first-order chi connectivity index (χ1) is 10.4. The second-order valence-corrected chi connectivity index (χ2v) is 5.59. The van der Waals surface area contributed by atoms with Crippen LogP contribution in [0.2, 0.25) is 0 Å². The van der Waals surface area contributed by atoms with Crippen molar-refractivity contribution in [3.8, 4) is 5.88 Å². The summed E-state index contributed by atoms with van der Waals surface area (Å²) in [4.78, 5) is 4.24. The number of ether oxygens (including phenoxy) is 1. The Morgan fingerprint density at radius 1 is 1.24 bits per heavy atom. The predicted octanol–water partition coefficient (Wildman–Crippen LogP) is 3.30. The van der Waals surface area contributed by atoms with Crippen LogP contribution < -0.4 is 10.1 Å². The molecule has 0 fully saturated rings. The third-order valence-corrected chi connectivity index (χ3v) is 4.24. The highest BCUT2D eigenvalue weighted by Crippen LogP contribution is 2.30. The number of benzene rings is 1. The molecule has 1 aromatic heterocycles. The molecule has 3 nitrogen and oxygen atoms in total. The summed E-state index contributed by atoms with van der Waals surface area (Å²) in [5.41, 5.74) is 4.16. The van der Waals surface area contributed by atoms with Gasteiger partial charge in [-0.05, 0) is 42.4 Å². The van der Waals surface area contributed by atoms with Gasteiger partial charge >= 0.3 is 0 Å². The standard InChI is InChI=1S/C18H22N2O/c1-21-18-16(9-5-11-20-18)13-19-12-15-8-4-7-14-6-2-3-10-17(14)15/h2-3,5-6,9-11,15,19H,4,7-8,12-13H2,1H3. The summed E-state index contributed by atoms with van der Waals surface area (Å²) >= 11 is 0. The number of hydrogen-bond donors (Lipinski definition) is 1. The number of methoxy groups -OCH3 is 1. The molecule has 1 aliphatic carbocycles. The highest BCUT2D eigenvalue weighted by atomic mass is 16.5. The molecule has 1 aliphatic rings. The number of aryl methyl sites for hydroxylation is 1. The number of hydrogen-bond acceptors (Lipinski definition) is 3. The molecule has 3 rings (SSSR count). The lowest BCUT2D eigenvalue weighted by Crippen LogP contribution is -2.24. The quantitative estimate of drug-likeness (QED) is 0.913. The highest BCUT2D eigenvalue weighted by Gasteiger charge is 2.19. The lowest BCUT2D eigenvalue weighted by atomic mass is 9.83. The van der Waals surface area contributed by atoms with Crippen LogP contribution in [0.25, 0.3) is 0 Å². The van der Waals surface area contributed by atoms with E-state index in [-0.39, 0.29) is 0 Å². The van der Waals surface area contributed by atoms with Crippen molar-refractivity contribution in [3.05, 3.63) is 59.3 Å². The summed E-state index contributed by atoms with van der Waals surface area (Å²) < 4.78 is 5.29. The fourth-order valence-corrected chi connectivity index (χ4v) is 3.19. The smallest absolute Gasteiger partial charge is 0.217 e. The SMILES string of the molecule is COc1ncccc1CNCC1CCCc2ccccc21. The topological polar surface area (TPSA) is 34.1 Å². The van der Waals surface area contributed by atoms with Crippen LogP contribution in [0.15, 0.2) is 42.6 Å². The molecular weight excluding hydrogens is 260 g/mol. The van der Waals surface area contributed by atoms with Crippen molar-refractivity contribution in [1.82, 2.24) is 10.3 Å². The Morgan fingerprint density at radius 3 is 3.05 bits per heavy atom. The molecule has 0 radical (unpaired) electrons. The van der Waals surface area contributed by atoms with Crippen LogP contribution in [0.5, 0.6) is 5.88 Å².